The lowest BCUT2D eigenvalue weighted by molar-refractivity contribution is 0.102. The number of hydrogen-bond donors (Lipinski definition) is 3. The van der Waals surface area contributed by atoms with Gasteiger partial charge in [-0.05, 0) is 68.5 Å². The van der Waals surface area contributed by atoms with E-state index in [1.165, 1.54) is 37.1 Å². The molecule has 7 heteroatoms. The van der Waals surface area contributed by atoms with Crippen LogP contribution in [0.2, 0.25) is 0 Å². The Morgan fingerprint density at radius 2 is 1.80 bits per heavy atom. The van der Waals surface area contributed by atoms with E-state index >= 15 is 0 Å². The van der Waals surface area contributed by atoms with Crippen LogP contribution in [0.4, 0.5) is 5.13 Å². The van der Waals surface area contributed by atoms with Gasteiger partial charge in [-0.25, -0.2) is 4.98 Å². The van der Waals surface area contributed by atoms with Gasteiger partial charge in [0.1, 0.15) is 5.75 Å². The summed E-state index contributed by atoms with van der Waals surface area (Å²) >= 11 is 5.60. The van der Waals surface area contributed by atoms with Gasteiger partial charge in [0.2, 0.25) is 0 Å². The Morgan fingerprint density at radius 3 is 2.40 bits per heavy atom. The molecule has 0 radical (unpaired) electrons. The van der Waals surface area contributed by atoms with E-state index in [0.29, 0.717) is 10.7 Å². The molecule has 0 atom stereocenters. The SMILES string of the molecule is CCCCCNC.COc1ccc(-c2csc(NC(=O)c3ccc(S)cc3)n2)cc1. The third-order valence-corrected chi connectivity index (χ3v) is 5.33. The summed E-state index contributed by atoms with van der Waals surface area (Å²) in [6.45, 7) is 3.39. The summed E-state index contributed by atoms with van der Waals surface area (Å²) in [7, 11) is 3.63. The zero-order valence-electron chi connectivity index (χ0n) is 17.6. The summed E-state index contributed by atoms with van der Waals surface area (Å²) < 4.78 is 5.14. The van der Waals surface area contributed by atoms with Gasteiger partial charge in [-0.2, -0.15) is 0 Å². The van der Waals surface area contributed by atoms with E-state index in [0.717, 1.165) is 21.9 Å². The Morgan fingerprint density at radius 1 is 1.10 bits per heavy atom. The highest BCUT2D eigenvalue weighted by Gasteiger charge is 2.10. The first kappa shape index (κ1) is 23.9. The minimum absolute atomic E-state index is 0.186. The van der Waals surface area contributed by atoms with Crippen LogP contribution in [0.25, 0.3) is 11.3 Å². The average Bonchev–Trinajstić information content (AvgIpc) is 3.23. The van der Waals surface area contributed by atoms with Gasteiger partial charge in [0, 0.05) is 21.4 Å². The van der Waals surface area contributed by atoms with E-state index in [1.807, 2.05) is 36.7 Å². The summed E-state index contributed by atoms with van der Waals surface area (Å²) in [4.78, 5) is 17.4. The van der Waals surface area contributed by atoms with E-state index in [9.17, 15) is 4.79 Å². The van der Waals surface area contributed by atoms with Gasteiger partial charge in [0.05, 0.1) is 12.8 Å². The molecule has 160 valence electrons. The Kier molecular flexibility index (Phi) is 10.4. The first-order chi connectivity index (χ1) is 14.6. The van der Waals surface area contributed by atoms with Crippen LogP contribution in [0.1, 0.15) is 36.5 Å². The van der Waals surface area contributed by atoms with Crippen molar-refractivity contribution in [3.63, 3.8) is 0 Å². The fraction of sp³-hybridized carbons (Fsp3) is 0.304. The van der Waals surface area contributed by atoms with Gasteiger partial charge in [0.15, 0.2) is 5.13 Å². The van der Waals surface area contributed by atoms with E-state index in [1.54, 1.807) is 31.4 Å². The summed E-state index contributed by atoms with van der Waals surface area (Å²) in [5, 5.41) is 8.39. The van der Waals surface area contributed by atoms with Gasteiger partial charge in [0.25, 0.3) is 5.91 Å². The van der Waals surface area contributed by atoms with Crippen LogP contribution in [0.5, 0.6) is 5.75 Å². The molecule has 1 aromatic heterocycles. The predicted molar refractivity (Wildman–Crippen MR) is 129 cm³/mol. The summed E-state index contributed by atoms with van der Waals surface area (Å²) in [5.74, 6) is 0.610. The second kappa shape index (κ2) is 13.1. The second-order valence-electron chi connectivity index (χ2n) is 6.58. The highest BCUT2D eigenvalue weighted by atomic mass is 32.1. The number of anilines is 1. The Bertz CT molecular complexity index is 890. The lowest BCUT2D eigenvalue weighted by Crippen LogP contribution is -2.11. The van der Waals surface area contributed by atoms with Gasteiger partial charge < -0.3 is 10.1 Å². The summed E-state index contributed by atoms with van der Waals surface area (Å²) in [6.07, 6.45) is 4.01. The Hall–Kier alpha value is -2.35. The lowest BCUT2D eigenvalue weighted by atomic mass is 10.2. The maximum absolute atomic E-state index is 12.2. The van der Waals surface area contributed by atoms with Crippen molar-refractivity contribution in [3.05, 3.63) is 59.5 Å². The van der Waals surface area contributed by atoms with Gasteiger partial charge >= 0.3 is 0 Å². The number of methoxy groups -OCH3 is 1. The molecule has 0 unspecified atom stereocenters. The molecule has 1 amide bonds. The molecule has 0 bridgehead atoms. The molecule has 2 aromatic carbocycles. The maximum Gasteiger partial charge on any atom is 0.257 e. The number of nitrogens with one attached hydrogen (secondary N) is 2. The number of ether oxygens (including phenoxy) is 1. The van der Waals surface area contributed by atoms with Crippen molar-refractivity contribution >= 4 is 35.0 Å². The molecule has 5 nitrogen and oxygen atoms in total. The van der Waals surface area contributed by atoms with Crippen LogP contribution >= 0.6 is 24.0 Å². The molecule has 0 aliphatic carbocycles. The quantitative estimate of drug-likeness (QED) is 0.306. The van der Waals surface area contributed by atoms with Gasteiger partial charge in [-0.3, -0.25) is 10.1 Å². The van der Waals surface area contributed by atoms with Crippen molar-refractivity contribution in [2.45, 2.75) is 31.1 Å². The largest absolute Gasteiger partial charge is 0.497 e. The number of carbonyl (C=O) groups excluding carboxylic acids is 1. The van der Waals surface area contributed by atoms with Gasteiger partial charge in [-0.15, -0.1) is 24.0 Å². The van der Waals surface area contributed by atoms with Crippen molar-refractivity contribution in [1.82, 2.24) is 10.3 Å². The highest BCUT2D eigenvalue weighted by Crippen LogP contribution is 2.26. The highest BCUT2D eigenvalue weighted by molar-refractivity contribution is 7.80. The predicted octanol–water partition coefficient (Wildman–Crippen LogP) is 5.76. The molecule has 0 aliphatic rings. The first-order valence-electron chi connectivity index (χ1n) is 9.92. The molecule has 0 saturated heterocycles. The van der Waals surface area contributed by atoms with E-state index < -0.39 is 0 Å². The molecule has 0 aliphatic heterocycles. The van der Waals surface area contributed by atoms with Gasteiger partial charge in [-0.1, -0.05) is 19.8 Å². The van der Waals surface area contributed by atoms with Crippen LogP contribution in [0.15, 0.2) is 58.8 Å². The number of benzene rings is 2. The van der Waals surface area contributed by atoms with Crippen LogP contribution in [0, 0.1) is 0 Å². The number of amides is 1. The Balaban J connectivity index is 0.000000396. The zero-order valence-corrected chi connectivity index (χ0v) is 19.4. The number of thiazole rings is 1. The fourth-order valence-electron chi connectivity index (χ4n) is 2.56. The number of hydrogen-bond acceptors (Lipinski definition) is 6. The van der Waals surface area contributed by atoms with Crippen LogP contribution in [-0.2, 0) is 0 Å². The normalized spacial score (nSPS) is 10.1. The number of aromatic nitrogens is 1. The summed E-state index contributed by atoms with van der Waals surface area (Å²) in [6, 6.07) is 14.7. The smallest absolute Gasteiger partial charge is 0.257 e. The molecular formula is C23H29N3O2S2. The molecule has 1 heterocycles. The van der Waals surface area contributed by atoms with Crippen molar-refractivity contribution in [1.29, 1.82) is 0 Å². The standard InChI is InChI=1S/C17H14N2O2S2.C6H15N/c1-21-13-6-2-11(3-7-13)15-10-23-17(18-15)19-16(20)12-4-8-14(22)9-5-12;1-3-4-5-6-7-2/h2-10,22H,1H3,(H,18,19,20);7H,3-6H2,1-2H3. The van der Waals surface area contributed by atoms with Crippen LogP contribution in [-0.4, -0.2) is 31.6 Å². The number of nitrogens with zero attached hydrogens (tertiary/aromatic N) is 1. The van der Waals surface area contributed by atoms with E-state index in [-0.39, 0.29) is 5.91 Å². The van der Waals surface area contributed by atoms with E-state index in [4.69, 9.17) is 4.74 Å². The summed E-state index contributed by atoms with van der Waals surface area (Å²) in [5.41, 5.74) is 2.37. The minimum Gasteiger partial charge on any atom is -0.497 e. The molecule has 2 N–H and O–H groups in total. The molecule has 0 spiro atoms. The molecule has 3 aromatic rings. The third kappa shape index (κ3) is 7.82. The minimum atomic E-state index is -0.186. The van der Waals surface area contributed by atoms with Crippen molar-refractivity contribution < 1.29 is 9.53 Å². The average molecular weight is 444 g/mol. The number of unbranched alkanes of at least 4 members (excludes halogenated alkanes) is 2. The maximum atomic E-state index is 12.2. The lowest BCUT2D eigenvalue weighted by Gasteiger charge is -2.02. The molecule has 3 rings (SSSR count). The van der Waals surface area contributed by atoms with Crippen molar-refractivity contribution in [3.8, 4) is 17.0 Å². The Labute approximate surface area is 188 Å². The molecule has 0 fully saturated rings. The molecule has 30 heavy (non-hydrogen) atoms. The van der Waals surface area contributed by atoms with Crippen molar-refractivity contribution in [2.75, 3.05) is 26.0 Å². The first-order valence-corrected chi connectivity index (χ1v) is 11.2. The van der Waals surface area contributed by atoms with E-state index in [2.05, 4.69) is 35.2 Å². The van der Waals surface area contributed by atoms with Crippen LogP contribution < -0.4 is 15.4 Å². The third-order valence-electron chi connectivity index (χ3n) is 4.27. The van der Waals surface area contributed by atoms with Crippen molar-refractivity contribution in [2.24, 2.45) is 0 Å². The second-order valence-corrected chi connectivity index (χ2v) is 7.95. The molecule has 0 saturated carbocycles. The zero-order chi connectivity index (χ0) is 21.8. The number of carbonyl (C=O) groups is 1. The fourth-order valence-corrected chi connectivity index (χ4v) is 3.42. The monoisotopic (exact) mass is 443 g/mol. The molecular weight excluding hydrogens is 414 g/mol. The topological polar surface area (TPSA) is 63.2 Å². The number of thiol groups is 1. The number of rotatable bonds is 8. The van der Waals surface area contributed by atoms with Crippen LogP contribution in [0.3, 0.4) is 0 Å².